The van der Waals surface area contributed by atoms with E-state index in [1.54, 1.807) is 6.92 Å². The number of carbonyl (C=O) groups excluding carboxylic acids is 1. The Morgan fingerprint density at radius 1 is 1.32 bits per heavy atom. The van der Waals surface area contributed by atoms with E-state index >= 15 is 0 Å². The SMILES string of the molecule is CCOC(=O)C1=C(C)NC(=S)NC1c1ccc(N(C)C)cc1. The molecule has 0 bridgehead atoms. The number of allylic oxidation sites excluding steroid dienone is 1. The van der Waals surface area contributed by atoms with E-state index in [4.69, 9.17) is 17.0 Å². The maximum Gasteiger partial charge on any atom is 0.338 e. The van der Waals surface area contributed by atoms with Gasteiger partial charge in [-0.15, -0.1) is 0 Å². The summed E-state index contributed by atoms with van der Waals surface area (Å²) in [4.78, 5) is 14.3. The van der Waals surface area contributed by atoms with Crippen molar-refractivity contribution in [1.82, 2.24) is 10.6 Å². The molecule has 1 aliphatic rings. The average Bonchev–Trinajstić information content (AvgIpc) is 2.46. The molecule has 0 aliphatic carbocycles. The van der Waals surface area contributed by atoms with Crippen LogP contribution in [-0.4, -0.2) is 31.8 Å². The van der Waals surface area contributed by atoms with Gasteiger partial charge in [0.2, 0.25) is 0 Å². The quantitative estimate of drug-likeness (QED) is 0.655. The summed E-state index contributed by atoms with van der Waals surface area (Å²) in [5.74, 6) is -0.329. The summed E-state index contributed by atoms with van der Waals surface area (Å²) in [7, 11) is 3.97. The molecule has 0 saturated heterocycles. The van der Waals surface area contributed by atoms with Crippen LogP contribution in [0.15, 0.2) is 35.5 Å². The van der Waals surface area contributed by atoms with Gasteiger partial charge in [-0.25, -0.2) is 4.79 Å². The van der Waals surface area contributed by atoms with Crippen molar-refractivity contribution in [2.45, 2.75) is 19.9 Å². The number of carbonyl (C=O) groups is 1. The van der Waals surface area contributed by atoms with Gasteiger partial charge in [0, 0.05) is 25.5 Å². The van der Waals surface area contributed by atoms with Gasteiger partial charge in [0.15, 0.2) is 5.11 Å². The number of nitrogens with zero attached hydrogens (tertiary/aromatic N) is 1. The van der Waals surface area contributed by atoms with E-state index in [2.05, 4.69) is 10.6 Å². The summed E-state index contributed by atoms with van der Waals surface area (Å²) in [6, 6.07) is 7.71. The molecule has 0 spiro atoms. The van der Waals surface area contributed by atoms with Crippen molar-refractivity contribution in [3.05, 3.63) is 41.1 Å². The zero-order chi connectivity index (χ0) is 16.3. The van der Waals surface area contributed by atoms with E-state index in [9.17, 15) is 4.79 Å². The van der Waals surface area contributed by atoms with Crippen LogP contribution in [0.3, 0.4) is 0 Å². The minimum atomic E-state index is -0.329. The predicted molar refractivity (Wildman–Crippen MR) is 91.7 cm³/mol. The van der Waals surface area contributed by atoms with E-state index in [0.717, 1.165) is 16.9 Å². The topological polar surface area (TPSA) is 53.6 Å². The summed E-state index contributed by atoms with van der Waals surface area (Å²) < 4.78 is 5.17. The van der Waals surface area contributed by atoms with Gasteiger partial charge in [0.1, 0.15) is 0 Å². The molecule has 6 heteroatoms. The van der Waals surface area contributed by atoms with E-state index in [-0.39, 0.29) is 12.0 Å². The molecule has 22 heavy (non-hydrogen) atoms. The van der Waals surface area contributed by atoms with Gasteiger partial charge in [-0.1, -0.05) is 12.1 Å². The Balaban J connectivity index is 2.38. The third-order valence-electron chi connectivity index (χ3n) is 3.51. The Labute approximate surface area is 136 Å². The van der Waals surface area contributed by atoms with Crippen molar-refractivity contribution in [2.24, 2.45) is 0 Å². The highest BCUT2D eigenvalue weighted by Gasteiger charge is 2.30. The van der Waals surface area contributed by atoms with E-state index in [1.807, 2.05) is 50.2 Å². The number of thiocarbonyl (C=S) groups is 1. The molecule has 1 unspecified atom stereocenters. The summed E-state index contributed by atoms with van der Waals surface area (Å²) in [6.07, 6.45) is 0. The zero-order valence-corrected chi connectivity index (χ0v) is 14.1. The molecule has 0 radical (unpaired) electrons. The Bertz CT molecular complexity index is 608. The van der Waals surface area contributed by atoms with Gasteiger partial charge in [0.05, 0.1) is 18.2 Å². The van der Waals surface area contributed by atoms with Crippen molar-refractivity contribution in [3.8, 4) is 0 Å². The second-order valence-corrected chi connectivity index (χ2v) is 5.68. The fourth-order valence-corrected chi connectivity index (χ4v) is 2.66. The van der Waals surface area contributed by atoms with Crippen LogP contribution in [0.4, 0.5) is 5.69 Å². The lowest BCUT2D eigenvalue weighted by molar-refractivity contribution is -0.139. The van der Waals surface area contributed by atoms with Crippen LogP contribution in [0.25, 0.3) is 0 Å². The van der Waals surface area contributed by atoms with Crippen LogP contribution in [0.5, 0.6) is 0 Å². The van der Waals surface area contributed by atoms with Crippen molar-refractivity contribution in [3.63, 3.8) is 0 Å². The number of anilines is 1. The summed E-state index contributed by atoms with van der Waals surface area (Å²) in [5.41, 5.74) is 3.35. The highest BCUT2D eigenvalue weighted by molar-refractivity contribution is 7.80. The highest BCUT2D eigenvalue weighted by atomic mass is 32.1. The van der Waals surface area contributed by atoms with Gasteiger partial charge < -0.3 is 20.3 Å². The summed E-state index contributed by atoms with van der Waals surface area (Å²) in [6.45, 7) is 3.97. The monoisotopic (exact) mass is 319 g/mol. The van der Waals surface area contributed by atoms with Crippen molar-refractivity contribution in [2.75, 3.05) is 25.6 Å². The molecule has 1 aliphatic heterocycles. The van der Waals surface area contributed by atoms with Crippen LogP contribution >= 0.6 is 12.2 Å². The van der Waals surface area contributed by atoms with Crippen molar-refractivity contribution >= 4 is 29.0 Å². The van der Waals surface area contributed by atoms with Crippen molar-refractivity contribution in [1.29, 1.82) is 0 Å². The molecule has 0 aromatic heterocycles. The van der Waals surface area contributed by atoms with Crippen LogP contribution in [0, 0.1) is 0 Å². The van der Waals surface area contributed by atoms with E-state index in [0.29, 0.717) is 17.3 Å². The van der Waals surface area contributed by atoms with Gasteiger partial charge >= 0.3 is 5.97 Å². The molecule has 1 aromatic rings. The van der Waals surface area contributed by atoms with Crippen LogP contribution in [-0.2, 0) is 9.53 Å². The first-order chi connectivity index (χ1) is 10.4. The third-order valence-corrected chi connectivity index (χ3v) is 3.73. The van der Waals surface area contributed by atoms with Crippen LogP contribution in [0.2, 0.25) is 0 Å². The third kappa shape index (κ3) is 3.39. The molecular formula is C16H21N3O2S. The molecular weight excluding hydrogens is 298 g/mol. The largest absolute Gasteiger partial charge is 0.463 e. The zero-order valence-electron chi connectivity index (χ0n) is 13.3. The number of esters is 1. The minimum absolute atomic E-state index is 0.302. The van der Waals surface area contributed by atoms with E-state index in [1.165, 1.54) is 0 Å². The summed E-state index contributed by atoms with van der Waals surface area (Å²) >= 11 is 5.21. The standard InChI is InChI=1S/C16H21N3O2S/c1-5-21-15(20)13-10(2)17-16(22)18-14(13)11-6-8-12(9-7-11)19(3)4/h6-9,14H,5H2,1-4H3,(H2,17,18,22). The Kier molecular flexibility index (Phi) is 5.03. The lowest BCUT2D eigenvalue weighted by Crippen LogP contribution is -2.45. The fourth-order valence-electron chi connectivity index (χ4n) is 2.39. The first-order valence-electron chi connectivity index (χ1n) is 7.16. The second kappa shape index (κ2) is 6.79. The van der Waals surface area contributed by atoms with Crippen LogP contribution < -0.4 is 15.5 Å². The number of ether oxygens (including phenoxy) is 1. The maximum atomic E-state index is 12.3. The van der Waals surface area contributed by atoms with Gasteiger partial charge in [0.25, 0.3) is 0 Å². The molecule has 0 amide bonds. The highest BCUT2D eigenvalue weighted by Crippen LogP contribution is 2.28. The lowest BCUT2D eigenvalue weighted by Gasteiger charge is -2.30. The molecule has 0 saturated carbocycles. The number of nitrogens with one attached hydrogen (secondary N) is 2. The minimum Gasteiger partial charge on any atom is -0.463 e. The smallest absolute Gasteiger partial charge is 0.338 e. The molecule has 2 N–H and O–H groups in total. The van der Waals surface area contributed by atoms with E-state index < -0.39 is 0 Å². The average molecular weight is 319 g/mol. The second-order valence-electron chi connectivity index (χ2n) is 5.28. The molecule has 1 aromatic carbocycles. The first-order valence-corrected chi connectivity index (χ1v) is 7.57. The molecule has 118 valence electrons. The number of hydrogen-bond acceptors (Lipinski definition) is 4. The molecule has 1 atom stereocenters. The maximum absolute atomic E-state index is 12.3. The number of benzene rings is 1. The number of hydrogen-bond donors (Lipinski definition) is 2. The fraction of sp³-hybridized carbons (Fsp3) is 0.375. The van der Waals surface area contributed by atoms with Gasteiger partial charge in [-0.2, -0.15) is 0 Å². The lowest BCUT2D eigenvalue weighted by atomic mass is 9.95. The molecule has 0 fully saturated rings. The predicted octanol–water partition coefficient (Wildman–Crippen LogP) is 2.11. The molecule has 5 nitrogen and oxygen atoms in total. The molecule has 2 rings (SSSR count). The Morgan fingerprint density at radius 2 is 1.95 bits per heavy atom. The van der Waals surface area contributed by atoms with Crippen molar-refractivity contribution < 1.29 is 9.53 Å². The summed E-state index contributed by atoms with van der Waals surface area (Å²) in [5, 5.41) is 6.64. The Morgan fingerprint density at radius 3 is 2.50 bits per heavy atom. The number of rotatable bonds is 4. The Hall–Kier alpha value is -2.08. The van der Waals surface area contributed by atoms with Gasteiger partial charge in [-0.05, 0) is 43.8 Å². The van der Waals surface area contributed by atoms with Crippen LogP contribution in [0.1, 0.15) is 25.5 Å². The van der Waals surface area contributed by atoms with Gasteiger partial charge in [-0.3, -0.25) is 0 Å². The molecule has 1 heterocycles. The first kappa shape index (κ1) is 16.3. The normalized spacial score (nSPS) is 17.6.